The lowest BCUT2D eigenvalue weighted by molar-refractivity contribution is -0.118. The van der Waals surface area contributed by atoms with Crippen LogP contribution in [0.2, 0.25) is 0 Å². The fourth-order valence-corrected chi connectivity index (χ4v) is 1.51. The summed E-state index contributed by atoms with van der Waals surface area (Å²) in [5.74, 6) is -1.29. The number of nitrogens with zero attached hydrogens (tertiary/aromatic N) is 1. The van der Waals surface area contributed by atoms with E-state index >= 15 is 0 Å². The Morgan fingerprint density at radius 1 is 1.62 bits per heavy atom. The number of piperidine rings is 1. The van der Waals surface area contributed by atoms with Crippen molar-refractivity contribution in [3.8, 4) is 12.3 Å². The molecule has 0 bridgehead atoms. The van der Waals surface area contributed by atoms with Crippen LogP contribution in [-0.2, 0) is 0 Å². The van der Waals surface area contributed by atoms with Crippen LogP contribution in [0.25, 0.3) is 0 Å². The van der Waals surface area contributed by atoms with Crippen molar-refractivity contribution in [3.05, 3.63) is 0 Å². The summed E-state index contributed by atoms with van der Waals surface area (Å²) in [6, 6.07) is 0. The van der Waals surface area contributed by atoms with Crippen LogP contribution in [0.4, 0.5) is 8.78 Å². The van der Waals surface area contributed by atoms with E-state index in [2.05, 4.69) is 5.92 Å². The summed E-state index contributed by atoms with van der Waals surface area (Å²) in [5.41, 5.74) is 0. The van der Waals surface area contributed by atoms with Gasteiger partial charge in [-0.3, -0.25) is 4.90 Å². The van der Waals surface area contributed by atoms with Crippen molar-refractivity contribution in [1.29, 1.82) is 0 Å². The van der Waals surface area contributed by atoms with Gasteiger partial charge in [-0.05, 0) is 0 Å². The predicted molar refractivity (Wildman–Crippen MR) is 45.4 cm³/mol. The van der Waals surface area contributed by atoms with Gasteiger partial charge in [0.2, 0.25) is 0 Å². The first-order valence-electron chi connectivity index (χ1n) is 4.24. The maximum Gasteiger partial charge on any atom is 0.255 e. The van der Waals surface area contributed by atoms with Gasteiger partial charge < -0.3 is 5.11 Å². The second kappa shape index (κ2) is 4.03. The van der Waals surface area contributed by atoms with Crippen LogP contribution in [0.1, 0.15) is 6.42 Å². The molecule has 0 spiro atoms. The van der Waals surface area contributed by atoms with E-state index in [-0.39, 0.29) is 13.0 Å². The number of terminal acetylenes is 1. The van der Waals surface area contributed by atoms with Gasteiger partial charge in [0, 0.05) is 19.5 Å². The summed E-state index contributed by atoms with van der Waals surface area (Å²) in [6.07, 6.45) is 4.86. The van der Waals surface area contributed by atoms with Gasteiger partial charge in [0.05, 0.1) is 19.1 Å². The molecule has 1 atom stereocenters. The normalized spacial score (nSPS) is 28.3. The lowest BCUT2D eigenvalue weighted by Crippen LogP contribution is -2.48. The number of hydrogen-bond acceptors (Lipinski definition) is 2. The van der Waals surface area contributed by atoms with Crippen molar-refractivity contribution < 1.29 is 13.9 Å². The van der Waals surface area contributed by atoms with E-state index < -0.39 is 18.4 Å². The van der Waals surface area contributed by atoms with E-state index in [9.17, 15) is 8.78 Å². The van der Waals surface area contributed by atoms with Crippen LogP contribution < -0.4 is 0 Å². The van der Waals surface area contributed by atoms with E-state index in [4.69, 9.17) is 11.5 Å². The highest BCUT2D eigenvalue weighted by Crippen LogP contribution is 2.32. The van der Waals surface area contributed by atoms with Crippen LogP contribution in [-0.4, -0.2) is 42.2 Å². The van der Waals surface area contributed by atoms with Gasteiger partial charge in [-0.15, -0.1) is 6.42 Å². The van der Waals surface area contributed by atoms with E-state index in [0.29, 0.717) is 13.1 Å². The highest BCUT2D eigenvalue weighted by atomic mass is 19.3. The van der Waals surface area contributed by atoms with Gasteiger partial charge in [-0.2, -0.15) is 0 Å². The second-order valence-electron chi connectivity index (χ2n) is 3.33. The molecular formula is C9H13F2NO. The number of hydrogen-bond donors (Lipinski definition) is 1. The minimum absolute atomic E-state index is 0.188. The van der Waals surface area contributed by atoms with Crippen molar-refractivity contribution in [1.82, 2.24) is 4.90 Å². The Morgan fingerprint density at radius 3 is 2.85 bits per heavy atom. The van der Waals surface area contributed by atoms with E-state index in [0.717, 1.165) is 0 Å². The molecule has 1 aliphatic heterocycles. The van der Waals surface area contributed by atoms with Gasteiger partial charge >= 0.3 is 0 Å². The molecule has 2 nitrogen and oxygen atoms in total. The molecular weight excluding hydrogens is 176 g/mol. The number of likely N-dealkylation sites (tertiary alicyclic amines) is 1. The number of alkyl halides is 2. The maximum atomic E-state index is 13.0. The number of halogens is 2. The van der Waals surface area contributed by atoms with Crippen molar-refractivity contribution in [2.75, 3.05) is 26.2 Å². The Labute approximate surface area is 76.5 Å². The molecule has 0 radical (unpaired) electrons. The van der Waals surface area contributed by atoms with Crippen LogP contribution in [0.15, 0.2) is 0 Å². The largest absolute Gasteiger partial charge is 0.396 e. The Bertz CT molecular complexity index is 212. The molecule has 1 fully saturated rings. The third kappa shape index (κ3) is 2.39. The molecule has 0 aliphatic carbocycles. The molecule has 1 unspecified atom stereocenters. The molecule has 0 aromatic carbocycles. The Hall–Kier alpha value is -0.660. The molecule has 1 heterocycles. The molecule has 74 valence electrons. The van der Waals surface area contributed by atoms with Crippen LogP contribution in [0.5, 0.6) is 0 Å². The Balaban J connectivity index is 2.54. The van der Waals surface area contributed by atoms with Gasteiger partial charge in [0.15, 0.2) is 0 Å². The second-order valence-corrected chi connectivity index (χ2v) is 3.33. The summed E-state index contributed by atoms with van der Waals surface area (Å²) in [7, 11) is 0. The fourth-order valence-electron chi connectivity index (χ4n) is 1.51. The molecule has 4 heteroatoms. The number of aliphatic hydroxyl groups excluding tert-OH is 1. The molecule has 1 rings (SSSR count). The average Bonchev–Trinajstić information content (AvgIpc) is 2.08. The summed E-state index contributed by atoms with van der Waals surface area (Å²) in [6.45, 7) is 0.405. The summed E-state index contributed by atoms with van der Waals surface area (Å²) in [5, 5.41) is 8.75. The SMILES string of the molecule is C#CCN1CCC(F)(F)C(CO)C1. The third-order valence-electron chi connectivity index (χ3n) is 2.37. The van der Waals surface area contributed by atoms with E-state index in [1.807, 2.05) is 0 Å². The first kappa shape index (κ1) is 10.4. The summed E-state index contributed by atoms with van der Waals surface area (Å²) < 4.78 is 26.1. The number of aliphatic hydroxyl groups is 1. The third-order valence-corrected chi connectivity index (χ3v) is 2.37. The van der Waals surface area contributed by atoms with Crippen LogP contribution in [0.3, 0.4) is 0 Å². The minimum Gasteiger partial charge on any atom is -0.396 e. The van der Waals surface area contributed by atoms with Crippen molar-refractivity contribution in [2.24, 2.45) is 5.92 Å². The van der Waals surface area contributed by atoms with Crippen molar-refractivity contribution in [2.45, 2.75) is 12.3 Å². The predicted octanol–water partition coefficient (Wildman–Crippen LogP) is 0.569. The topological polar surface area (TPSA) is 23.5 Å². The maximum absolute atomic E-state index is 13.0. The highest BCUT2D eigenvalue weighted by Gasteiger charge is 2.43. The quantitative estimate of drug-likeness (QED) is 0.642. The molecule has 1 saturated heterocycles. The molecule has 1 N–H and O–H groups in total. The Kier molecular flexibility index (Phi) is 3.23. The first-order chi connectivity index (χ1) is 6.10. The highest BCUT2D eigenvalue weighted by molar-refractivity contribution is 4.93. The molecule has 1 aliphatic rings. The lowest BCUT2D eigenvalue weighted by Gasteiger charge is -2.36. The Morgan fingerprint density at radius 2 is 2.31 bits per heavy atom. The zero-order valence-corrected chi connectivity index (χ0v) is 7.34. The summed E-state index contributed by atoms with van der Waals surface area (Å²) in [4.78, 5) is 1.76. The van der Waals surface area contributed by atoms with Crippen molar-refractivity contribution >= 4 is 0 Å². The zero-order valence-electron chi connectivity index (χ0n) is 7.34. The monoisotopic (exact) mass is 189 g/mol. The van der Waals surface area contributed by atoms with E-state index in [1.165, 1.54) is 0 Å². The van der Waals surface area contributed by atoms with Gasteiger partial charge in [0.25, 0.3) is 5.92 Å². The zero-order chi connectivity index (χ0) is 9.90. The average molecular weight is 189 g/mol. The van der Waals surface area contributed by atoms with Crippen LogP contribution >= 0.6 is 0 Å². The molecule has 0 aromatic rings. The minimum atomic E-state index is -2.74. The van der Waals surface area contributed by atoms with E-state index in [1.54, 1.807) is 4.90 Å². The molecule has 0 aromatic heterocycles. The molecule has 0 saturated carbocycles. The molecule has 0 amide bonds. The van der Waals surface area contributed by atoms with Gasteiger partial charge in [0.1, 0.15) is 0 Å². The van der Waals surface area contributed by atoms with Gasteiger partial charge in [-0.1, -0.05) is 5.92 Å². The molecule has 13 heavy (non-hydrogen) atoms. The summed E-state index contributed by atoms with van der Waals surface area (Å²) >= 11 is 0. The standard InChI is InChI=1S/C9H13F2NO/c1-2-4-12-5-3-9(10,11)8(6-12)7-13/h1,8,13H,3-7H2. The lowest BCUT2D eigenvalue weighted by atomic mass is 9.94. The first-order valence-corrected chi connectivity index (χ1v) is 4.24. The number of rotatable bonds is 2. The fraction of sp³-hybridized carbons (Fsp3) is 0.778. The van der Waals surface area contributed by atoms with Gasteiger partial charge in [-0.25, -0.2) is 8.78 Å². The van der Waals surface area contributed by atoms with Crippen LogP contribution in [0, 0.1) is 18.3 Å². The van der Waals surface area contributed by atoms with Crippen molar-refractivity contribution in [3.63, 3.8) is 0 Å². The smallest absolute Gasteiger partial charge is 0.255 e.